The number of hydrogen-bond donors (Lipinski definition) is 0. The first-order chi connectivity index (χ1) is 10.2. The molecule has 0 aliphatic carbocycles. The van der Waals surface area contributed by atoms with Gasteiger partial charge in [-0.05, 0) is 36.4 Å². The summed E-state index contributed by atoms with van der Waals surface area (Å²) in [5, 5.41) is 0. The van der Waals surface area contributed by atoms with Gasteiger partial charge in [-0.1, -0.05) is 0 Å². The molecule has 5 heteroatoms. The predicted octanol–water partition coefficient (Wildman–Crippen LogP) is 2.66. The van der Waals surface area contributed by atoms with Crippen molar-refractivity contribution in [2.24, 2.45) is 0 Å². The molecule has 0 saturated heterocycles. The molecule has 0 saturated carbocycles. The van der Waals surface area contributed by atoms with Gasteiger partial charge in [0.2, 0.25) is 6.79 Å². The van der Waals surface area contributed by atoms with Crippen molar-refractivity contribution in [3.8, 4) is 23.0 Å². The van der Waals surface area contributed by atoms with Crippen LogP contribution in [0.15, 0.2) is 36.4 Å². The number of carbonyl (C=O) groups is 1. The molecule has 0 unspecified atom stereocenters. The maximum Gasteiger partial charge on any atom is 0.231 e. The van der Waals surface area contributed by atoms with Gasteiger partial charge < -0.3 is 18.9 Å². The molecule has 0 radical (unpaired) electrons. The van der Waals surface area contributed by atoms with Crippen LogP contribution in [0.2, 0.25) is 0 Å². The Balaban J connectivity index is 2.01. The topological polar surface area (TPSA) is 54.0 Å². The number of fused-ring (bicyclic) bond motifs is 1. The maximum atomic E-state index is 12.7. The first kappa shape index (κ1) is 13.3. The lowest BCUT2D eigenvalue weighted by molar-refractivity contribution is 0.103. The Morgan fingerprint density at radius 3 is 2.57 bits per heavy atom. The third-order valence-corrected chi connectivity index (χ3v) is 3.29. The number of benzene rings is 2. The summed E-state index contributed by atoms with van der Waals surface area (Å²) in [6, 6.07) is 10.2. The van der Waals surface area contributed by atoms with Gasteiger partial charge in [-0.3, -0.25) is 4.79 Å². The summed E-state index contributed by atoms with van der Waals surface area (Å²) in [4.78, 5) is 12.7. The first-order valence-electron chi connectivity index (χ1n) is 6.39. The molecule has 5 nitrogen and oxygen atoms in total. The molecule has 2 aromatic carbocycles. The number of hydrogen-bond acceptors (Lipinski definition) is 5. The van der Waals surface area contributed by atoms with Gasteiger partial charge in [0.15, 0.2) is 17.3 Å². The predicted molar refractivity (Wildman–Crippen MR) is 75.5 cm³/mol. The molecular weight excluding hydrogens is 272 g/mol. The standard InChI is InChI=1S/C16H14O5/c1-18-11-4-6-13(19-2)12(8-11)16(17)10-3-5-14-15(7-10)21-9-20-14/h3-8H,9H2,1-2H3. The minimum absolute atomic E-state index is 0.163. The van der Waals surface area contributed by atoms with Gasteiger partial charge in [-0.2, -0.15) is 0 Å². The Labute approximate surface area is 122 Å². The van der Waals surface area contributed by atoms with E-state index in [9.17, 15) is 4.79 Å². The van der Waals surface area contributed by atoms with Crippen molar-refractivity contribution in [1.82, 2.24) is 0 Å². The molecule has 0 N–H and O–H groups in total. The second kappa shape index (κ2) is 5.36. The molecule has 21 heavy (non-hydrogen) atoms. The molecule has 108 valence electrons. The van der Waals surface area contributed by atoms with E-state index >= 15 is 0 Å². The summed E-state index contributed by atoms with van der Waals surface area (Å²) in [5.74, 6) is 2.15. The van der Waals surface area contributed by atoms with E-state index in [4.69, 9.17) is 18.9 Å². The fourth-order valence-corrected chi connectivity index (χ4v) is 2.18. The van der Waals surface area contributed by atoms with Gasteiger partial charge in [-0.15, -0.1) is 0 Å². The van der Waals surface area contributed by atoms with Gasteiger partial charge in [0.1, 0.15) is 11.5 Å². The van der Waals surface area contributed by atoms with Crippen molar-refractivity contribution in [2.45, 2.75) is 0 Å². The zero-order chi connectivity index (χ0) is 14.8. The van der Waals surface area contributed by atoms with Gasteiger partial charge in [-0.25, -0.2) is 0 Å². The summed E-state index contributed by atoms with van der Waals surface area (Å²) < 4.78 is 20.9. The molecule has 2 aromatic rings. The van der Waals surface area contributed by atoms with E-state index in [1.54, 1.807) is 43.5 Å². The average Bonchev–Trinajstić information content (AvgIpc) is 3.01. The van der Waals surface area contributed by atoms with Crippen LogP contribution in [0, 0.1) is 0 Å². The second-order valence-corrected chi connectivity index (χ2v) is 4.46. The van der Waals surface area contributed by atoms with Crippen molar-refractivity contribution >= 4 is 5.78 Å². The fraction of sp³-hybridized carbons (Fsp3) is 0.188. The number of methoxy groups -OCH3 is 2. The average molecular weight is 286 g/mol. The highest BCUT2D eigenvalue weighted by Crippen LogP contribution is 2.34. The lowest BCUT2D eigenvalue weighted by atomic mass is 10.0. The molecule has 0 bridgehead atoms. The lowest BCUT2D eigenvalue weighted by Gasteiger charge is -2.10. The molecule has 0 amide bonds. The number of ketones is 1. The first-order valence-corrected chi connectivity index (χ1v) is 6.39. The van der Waals surface area contributed by atoms with Crippen LogP contribution in [0.25, 0.3) is 0 Å². The normalized spacial score (nSPS) is 12.1. The van der Waals surface area contributed by atoms with Crippen molar-refractivity contribution in [2.75, 3.05) is 21.0 Å². The van der Waals surface area contributed by atoms with Crippen LogP contribution >= 0.6 is 0 Å². The van der Waals surface area contributed by atoms with E-state index in [2.05, 4.69) is 0 Å². The molecule has 0 fully saturated rings. The molecule has 3 rings (SSSR count). The van der Waals surface area contributed by atoms with Gasteiger partial charge in [0.05, 0.1) is 19.8 Å². The molecule has 0 spiro atoms. The Hall–Kier alpha value is -2.69. The smallest absolute Gasteiger partial charge is 0.231 e. The molecule has 0 aromatic heterocycles. The monoisotopic (exact) mass is 286 g/mol. The molecule has 1 heterocycles. The SMILES string of the molecule is COc1ccc(OC)c(C(=O)c2ccc3c(c2)OCO3)c1. The molecule has 1 aliphatic rings. The zero-order valence-electron chi connectivity index (χ0n) is 11.7. The van der Waals surface area contributed by atoms with Crippen molar-refractivity contribution in [3.63, 3.8) is 0 Å². The Bertz CT molecular complexity index is 693. The van der Waals surface area contributed by atoms with Gasteiger partial charge in [0, 0.05) is 5.56 Å². The van der Waals surface area contributed by atoms with Crippen LogP contribution in [0.1, 0.15) is 15.9 Å². The van der Waals surface area contributed by atoms with E-state index < -0.39 is 0 Å². The number of ether oxygens (including phenoxy) is 4. The van der Waals surface area contributed by atoms with E-state index in [0.29, 0.717) is 34.1 Å². The molecule has 1 aliphatic heterocycles. The van der Waals surface area contributed by atoms with Gasteiger partial charge >= 0.3 is 0 Å². The van der Waals surface area contributed by atoms with E-state index in [1.165, 1.54) is 7.11 Å². The summed E-state index contributed by atoms with van der Waals surface area (Å²) in [6.45, 7) is 0.176. The number of rotatable bonds is 4. The highest BCUT2D eigenvalue weighted by molar-refractivity contribution is 6.11. The summed E-state index contributed by atoms with van der Waals surface area (Å²) >= 11 is 0. The quantitative estimate of drug-likeness (QED) is 0.809. The lowest BCUT2D eigenvalue weighted by Crippen LogP contribution is -2.04. The second-order valence-electron chi connectivity index (χ2n) is 4.46. The van der Waals surface area contributed by atoms with E-state index in [0.717, 1.165) is 0 Å². The minimum Gasteiger partial charge on any atom is -0.497 e. The minimum atomic E-state index is -0.163. The van der Waals surface area contributed by atoms with Crippen molar-refractivity contribution < 1.29 is 23.7 Å². The van der Waals surface area contributed by atoms with Crippen LogP contribution in [-0.2, 0) is 0 Å². The summed E-state index contributed by atoms with van der Waals surface area (Å²) in [6.07, 6.45) is 0. The molecule has 0 atom stereocenters. The highest BCUT2D eigenvalue weighted by atomic mass is 16.7. The van der Waals surface area contributed by atoms with Crippen LogP contribution in [0.4, 0.5) is 0 Å². The van der Waals surface area contributed by atoms with Gasteiger partial charge in [0.25, 0.3) is 0 Å². The zero-order valence-corrected chi connectivity index (χ0v) is 11.7. The Kier molecular flexibility index (Phi) is 3.39. The summed E-state index contributed by atoms with van der Waals surface area (Å²) in [7, 11) is 3.08. The summed E-state index contributed by atoms with van der Waals surface area (Å²) in [5.41, 5.74) is 0.946. The maximum absolute atomic E-state index is 12.7. The van der Waals surface area contributed by atoms with E-state index in [1.807, 2.05) is 0 Å². The fourth-order valence-electron chi connectivity index (χ4n) is 2.18. The third-order valence-electron chi connectivity index (χ3n) is 3.29. The van der Waals surface area contributed by atoms with Crippen LogP contribution in [-0.4, -0.2) is 26.8 Å². The van der Waals surface area contributed by atoms with Crippen LogP contribution in [0.5, 0.6) is 23.0 Å². The van der Waals surface area contributed by atoms with Crippen molar-refractivity contribution in [1.29, 1.82) is 0 Å². The number of carbonyl (C=O) groups excluding carboxylic acids is 1. The Morgan fingerprint density at radius 2 is 1.81 bits per heavy atom. The van der Waals surface area contributed by atoms with Crippen molar-refractivity contribution in [3.05, 3.63) is 47.5 Å². The van der Waals surface area contributed by atoms with Crippen LogP contribution in [0.3, 0.4) is 0 Å². The molecular formula is C16H14O5. The van der Waals surface area contributed by atoms with Crippen LogP contribution < -0.4 is 18.9 Å². The highest BCUT2D eigenvalue weighted by Gasteiger charge is 2.20. The Morgan fingerprint density at radius 1 is 1.00 bits per heavy atom. The largest absolute Gasteiger partial charge is 0.497 e. The third kappa shape index (κ3) is 2.38. The van der Waals surface area contributed by atoms with E-state index in [-0.39, 0.29) is 12.6 Å².